The fraction of sp³-hybridized carbons (Fsp3) is 0.333. The zero-order chi connectivity index (χ0) is 22.9. The second-order valence-electron chi connectivity index (χ2n) is 9.31. The third-order valence-corrected chi connectivity index (χ3v) is 6.40. The highest BCUT2D eigenvalue weighted by Gasteiger charge is 2.44. The lowest BCUT2D eigenvalue weighted by atomic mass is 9.68. The van der Waals surface area contributed by atoms with Crippen molar-refractivity contribution in [3.05, 3.63) is 88.4 Å². The van der Waals surface area contributed by atoms with Gasteiger partial charge in [0.2, 0.25) is 0 Å². The highest BCUT2D eigenvalue weighted by Crippen LogP contribution is 2.49. The summed E-state index contributed by atoms with van der Waals surface area (Å²) in [4.78, 5) is 15.5. The summed E-state index contributed by atoms with van der Waals surface area (Å²) in [6.45, 7) is 4.86. The average molecular weight is 428 g/mol. The van der Waals surface area contributed by atoms with E-state index in [-0.39, 0.29) is 11.2 Å². The van der Waals surface area contributed by atoms with E-state index < -0.39 is 5.92 Å². The van der Waals surface area contributed by atoms with Gasteiger partial charge in [0.1, 0.15) is 11.6 Å². The van der Waals surface area contributed by atoms with Crippen molar-refractivity contribution in [1.29, 1.82) is 5.26 Å². The van der Waals surface area contributed by atoms with Gasteiger partial charge in [-0.25, -0.2) is 0 Å². The van der Waals surface area contributed by atoms with Crippen LogP contribution in [0.15, 0.2) is 77.3 Å². The summed E-state index contributed by atoms with van der Waals surface area (Å²) in [6.07, 6.45) is 1.98. The zero-order valence-corrected chi connectivity index (χ0v) is 18.9. The number of hydrogen-bond acceptors (Lipinski definition) is 5. The minimum atomic E-state index is -0.447. The lowest BCUT2D eigenvalue weighted by molar-refractivity contribution is -0.118. The van der Waals surface area contributed by atoms with Gasteiger partial charge in [0.25, 0.3) is 0 Å². The van der Waals surface area contributed by atoms with E-state index in [0.717, 1.165) is 29.9 Å². The SMILES string of the molecule is COc1ccc(C2C(C#N)=C(N)N(CCc3ccccc3)C3=C2C(=O)CC(C)(C)C3)cc1. The van der Waals surface area contributed by atoms with Crippen LogP contribution in [0, 0.1) is 16.7 Å². The van der Waals surface area contributed by atoms with Gasteiger partial charge in [0, 0.05) is 24.2 Å². The van der Waals surface area contributed by atoms with Gasteiger partial charge in [-0.2, -0.15) is 5.26 Å². The number of rotatable bonds is 5. The molecular formula is C27H29N3O2. The van der Waals surface area contributed by atoms with Gasteiger partial charge in [-0.3, -0.25) is 4.79 Å². The molecule has 0 bridgehead atoms. The fourth-order valence-electron chi connectivity index (χ4n) is 4.85. The van der Waals surface area contributed by atoms with Crippen molar-refractivity contribution >= 4 is 5.78 Å². The molecule has 1 atom stereocenters. The van der Waals surface area contributed by atoms with Crippen LogP contribution in [0.3, 0.4) is 0 Å². The molecule has 1 heterocycles. The van der Waals surface area contributed by atoms with E-state index in [0.29, 0.717) is 29.9 Å². The van der Waals surface area contributed by atoms with Gasteiger partial charge >= 0.3 is 0 Å². The van der Waals surface area contributed by atoms with Crippen LogP contribution in [0.1, 0.15) is 43.7 Å². The van der Waals surface area contributed by atoms with Crippen molar-refractivity contribution in [2.24, 2.45) is 11.1 Å². The van der Waals surface area contributed by atoms with Crippen molar-refractivity contribution in [3.63, 3.8) is 0 Å². The maximum atomic E-state index is 13.5. The van der Waals surface area contributed by atoms with Gasteiger partial charge < -0.3 is 15.4 Å². The number of ketones is 1. The molecule has 0 saturated carbocycles. The van der Waals surface area contributed by atoms with Crippen molar-refractivity contribution < 1.29 is 9.53 Å². The Morgan fingerprint density at radius 2 is 1.81 bits per heavy atom. The second kappa shape index (κ2) is 8.55. The van der Waals surface area contributed by atoms with Crippen LogP contribution in [0.25, 0.3) is 0 Å². The number of allylic oxidation sites excluding steroid dienone is 3. The lowest BCUT2D eigenvalue weighted by Crippen LogP contribution is -2.42. The maximum Gasteiger partial charge on any atom is 0.162 e. The Morgan fingerprint density at radius 3 is 2.44 bits per heavy atom. The minimum Gasteiger partial charge on any atom is -0.497 e. The number of nitriles is 1. The summed E-state index contributed by atoms with van der Waals surface area (Å²) < 4.78 is 5.29. The number of methoxy groups -OCH3 is 1. The normalized spacial score (nSPS) is 20.1. The van der Waals surface area contributed by atoms with Gasteiger partial charge in [0.05, 0.1) is 24.7 Å². The van der Waals surface area contributed by atoms with E-state index in [9.17, 15) is 10.1 Å². The molecule has 1 aliphatic heterocycles. The van der Waals surface area contributed by atoms with Crippen LogP contribution in [0.4, 0.5) is 0 Å². The van der Waals surface area contributed by atoms with E-state index in [1.54, 1.807) is 7.11 Å². The van der Waals surface area contributed by atoms with E-state index in [4.69, 9.17) is 10.5 Å². The van der Waals surface area contributed by atoms with E-state index >= 15 is 0 Å². The smallest absolute Gasteiger partial charge is 0.162 e. The molecule has 2 N–H and O–H groups in total. The molecular weight excluding hydrogens is 398 g/mol. The molecule has 0 aromatic heterocycles. The molecule has 0 fully saturated rings. The molecule has 2 aromatic rings. The number of nitrogens with two attached hydrogens (primary N) is 1. The summed E-state index contributed by atoms with van der Waals surface area (Å²) in [7, 11) is 1.62. The second-order valence-corrected chi connectivity index (χ2v) is 9.31. The molecule has 1 unspecified atom stereocenters. The number of ether oxygens (including phenoxy) is 1. The van der Waals surface area contributed by atoms with Crippen LogP contribution in [-0.2, 0) is 11.2 Å². The Morgan fingerprint density at radius 1 is 1.12 bits per heavy atom. The quantitative estimate of drug-likeness (QED) is 0.750. The first-order valence-electron chi connectivity index (χ1n) is 11.0. The summed E-state index contributed by atoms with van der Waals surface area (Å²) >= 11 is 0. The molecule has 164 valence electrons. The van der Waals surface area contributed by atoms with E-state index in [1.807, 2.05) is 47.4 Å². The summed E-state index contributed by atoms with van der Waals surface area (Å²) in [5.41, 5.74) is 10.7. The Labute approximate surface area is 189 Å². The average Bonchev–Trinajstić information content (AvgIpc) is 2.78. The van der Waals surface area contributed by atoms with Crippen molar-refractivity contribution in [3.8, 4) is 11.8 Å². The maximum absolute atomic E-state index is 13.5. The number of hydrogen-bond donors (Lipinski definition) is 1. The van der Waals surface area contributed by atoms with Crippen LogP contribution >= 0.6 is 0 Å². The number of nitrogens with zero attached hydrogens (tertiary/aromatic N) is 2. The van der Waals surface area contributed by atoms with Crippen molar-refractivity contribution in [2.45, 2.75) is 39.0 Å². The van der Waals surface area contributed by atoms with E-state index in [2.05, 4.69) is 32.0 Å². The molecule has 5 heteroatoms. The number of Topliss-reactive ketones (excluding diaryl/α,β-unsaturated/α-hetero) is 1. The molecule has 4 rings (SSSR count). The highest BCUT2D eigenvalue weighted by molar-refractivity contribution is 6.00. The van der Waals surface area contributed by atoms with Gasteiger partial charge in [-0.1, -0.05) is 56.3 Å². The fourth-order valence-corrected chi connectivity index (χ4v) is 4.85. The number of benzene rings is 2. The summed E-state index contributed by atoms with van der Waals surface area (Å²) in [5, 5.41) is 10.1. The summed E-state index contributed by atoms with van der Waals surface area (Å²) in [6, 6.07) is 20.1. The Balaban J connectivity index is 1.81. The topological polar surface area (TPSA) is 79.3 Å². The molecule has 0 radical (unpaired) electrons. The predicted octanol–water partition coefficient (Wildman–Crippen LogP) is 4.67. The standard InChI is InChI=1S/C27H29N3O2/c1-27(2)15-22-25(23(31)16-27)24(19-9-11-20(32-3)12-10-19)21(17-28)26(29)30(22)14-13-18-7-5-4-6-8-18/h4-12,24H,13-16,29H2,1-3H3. The molecule has 0 saturated heterocycles. The summed E-state index contributed by atoms with van der Waals surface area (Å²) in [5.74, 6) is 0.836. The highest BCUT2D eigenvalue weighted by atomic mass is 16.5. The first-order valence-corrected chi connectivity index (χ1v) is 11.0. The van der Waals surface area contributed by atoms with Gasteiger partial charge in [0.15, 0.2) is 5.78 Å². The van der Waals surface area contributed by atoms with Crippen LogP contribution in [0.2, 0.25) is 0 Å². The molecule has 2 aliphatic rings. The number of carbonyl (C=O) groups is 1. The first-order chi connectivity index (χ1) is 15.3. The minimum absolute atomic E-state index is 0.0991. The van der Waals surface area contributed by atoms with Crippen LogP contribution in [-0.4, -0.2) is 24.3 Å². The van der Waals surface area contributed by atoms with Gasteiger partial charge in [-0.05, 0) is 41.5 Å². The third kappa shape index (κ3) is 4.01. The monoisotopic (exact) mass is 427 g/mol. The lowest BCUT2D eigenvalue weighted by Gasteiger charge is -2.44. The Kier molecular flexibility index (Phi) is 5.80. The molecule has 0 spiro atoms. The molecule has 5 nitrogen and oxygen atoms in total. The van der Waals surface area contributed by atoms with Crippen LogP contribution < -0.4 is 10.5 Å². The Hall–Kier alpha value is -3.52. The molecule has 1 aliphatic carbocycles. The molecule has 2 aromatic carbocycles. The largest absolute Gasteiger partial charge is 0.497 e. The zero-order valence-electron chi connectivity index (χ0n) is 18.9. The van der Waals surface area contributed by atoms with E-state index in [1.165, 1.54) is 5.56 Å². The third-order valence-electron chi connectivity index (χ3n) is 6.40. The van der Waals surface area contributed by atoms with Crippen molar-refractivity contribution in [2.75, 3.05) is 13.7 Å². The van der Waals surface area contributed by atoms with Crippen LogP contribution in [0.5, 0.6) is 5.75 Å². The van der Waals surface area contributed by atoms with Crippen molar-refractivity contribution in [1.82, 2.24) is 4.90 Å². The first kappa shape index (κ1) is 21.7. The molecule has 0 amide bonds. The molecule has 32 heavy (non-hydrogen) atoms. The predicted molar refractivity (Wildman–Crippen MR) is 124 cm³/mol. The van der Waals surface area contributed by atoms with Gasteiger partial charge in [-0.15, -0.1) is 0 Å². The Bertz CT molecular complexity index is 1120. The number of carbonyl (C=O) groups excluding carboxylic acids is 1.